The maximum absolute atomic E-state index is 12.6. The molecule has 1 aromatic rings. The van der Waals surface area contributed by atoms with Crippen molar-refractivity contribution in [3.8, 4) is 0 Å². The zero-order valence-corrected chi connectivity index (χ0v) is 12.2. The van der Waals surface area contributed by atoms with Crippen LogP contribution >= 0.6 is 0 Å². The summed E-state index contributed by atoms with van der Waals surface area (Å²) < 4.78 is 0. The van der Waals surface area contributed by atoms with Crippen LogP contribution in [0, 0.1) is 0 Å². The summed E-state index contributed by atoms with van der Waals surface area (Å²) in [5, 5.41) is 8.71. The Hall–Kier alpha value is -2.17. The molecule has 1 fully saturated rings. The number of hydrogen-bond donors (Lipinski definition) is 1. The van der Waals surface area contributed by atoms with Crippen LogP contribution in [-0.2, 0) is 4.79 Å². The number of aliphatic carboxylic acids is 1. The molecule has 1 aliphatic carbocycles. The van der Waals surface area contributed by atoms with Crippen LogP contribution in [0.5, 0.6) is 0 Å². The maximum atomic E-state index is 12.6. The van der Waals surface area contributed by atoms with Crippen LogP contribution in [0.4, 0.5) is 0 Å². The quantitative estimate of drug-likeness (QED) is 0.864. The fourth-order valence-corrected chi connectivity index (χ4v) is 2.69. The molecule has 0 atom stereocenters. The van der Waals surface area contributed by atoms with Gasteiger partial charge in [-0.1, -0.05) is 25.3 Å². The van der Waals surface area contributed by atoms with Crippen molar-refractivity contribution in [3.05, 3.63) is 35.7 Å². The molecule has 0 saturated heterocycles. The molecule has 1 aromatic heterocycles. The Morgan fingerprint density at radius 3 is 2.71 bits per heavy atom. The number of carbonyl (C=O) groups excluding carboxylic acids is 1. The van der Waals surface area contributed by atoms with Gasteiger partial charge in [0, 0.05) is 30.9 Å². The molecule has 112 valence electrons. The number of rotatable bonds is 4. The van der Waals surface area contributed by atoms with Crippen LogP contribution < -0.4 is 0 Å². The standard InChI is InChI=1S/C16H20N2O3/c1-18(13-7-3-2-4-8-13)16(21)15-12(6-5-11-17-15)9-10-14(19)20/h5-6,9-11,13H,2-4,7-8H2,1H3,(H,19,20)/b10-9+. The van der Waals surface area contributed by atoms with Crippen LogP contribution in [0.1, 0.15) is 48.2 Å². The third-order valence-corrected chi connectivity index (χ3v) is 3.89. The Labute approximate surface area is 124 Å². The van der Waals surface area contributed by atoms with E-state index in [2.05, 4.69) is 4.98 Å². The summed E-state index contributed by atoms with van der Waals surface area (Å²) in [5.74, 6) is -1.19. The van der Waals surface area contributed by atoms with Crippen molar-refractivity contribution in [1.82, 2.24) is 9.88 Å². The summed E-state index contributed by atoms with van der Waals surface area (Å²) in [6.07, 6.45) is 9.57. The van der Waals surface area contributed by atoms with Crippen molar-refractivity contribution < 1.29 is 14.7 Å². The summed E-state index contributed by atoms with van der Waals surface area (Å²) in [6, 6.07) is 3.65. The highest BCUT2D eigenvalue weighted by Crippen LogP contribution is 2.23. The van der Waals surface area contributed by atoms with E-state index < -0.39 is 5.97 Å². The average molecular weight is 288 g/mol. The summed E-state index contributed by atoms with van der Waals surface area (Å²) in [7, 11) is 1.80. The van der Waals surface area contributed by atoms with E-state index in [1.807, 2.05) is 0 Å². The van der Waals surface area contributed by atoms with E-state index in [1.165, 1.54) is 12.5 Å². The van der Waals surface area contributed by atoms with E-state index >= 15 is 0 Å². The second kappa shape index (κ2) is 7.02. The molecule has 21 heavy (non-hydrogen) atoms. The van der Waals surface area contributed by atoms with E-state index in [4.69, 9.17) is 5.11 Å². The molecule has 1 heterocycles. The molecular weight excluding hydrogens is 268 g/mol. The summed E-state index contributed by atoms with van der Waals surface area (Å²) in [4.78, 5) is 29.1. The summed E-state index contributed by atoms with van der Waals surface area (Å²) in [6.45, 7) is 0. The predicted molar refractivity (Wildman–Crippen MR) is 79.9 cm³/mol. The van der Waals surface area contributed by atoms with Gasteiger partial charge in [0.25, 0.3) is 5.91 Å². The monoisotopic (exact) mass is 288 g/mol. The molecule has 0 aromatic carbocycles. The van der Waals surface area contributed by atoms with Crippen LogP contribution in [0.15, 0.2) is 24.4 Å². The normalized spacial score (nSPS) is 16.0. The zero-order valence-electron chi connectivity index (χ0n) is 12.2. The van der Waals surface area contributed by atoms with Gasteiger partial charge in [0.2, 0.25) is 0 Å². The first-order valence-electron chi connectivity index (χ1n) is 7.23. The molecule has 0 unspecified atom stereocenters. The molecule has 5 heteroatoms. The van der Waals surface area contributed by atoms with Gasteiger partial charge in [0.15, 0.2) is 0 Å². The molecule has 5 nitrogen and oxygen atoms in total. The van der Waals surface area contributed by atoms with E-state index in [-0.39, 0.29) is 11.9 Å². The summed E-state index contributed by atoms with van der Waals surface area (Å²) in [5.41, 5.74) is 0.843. The van der Waals surface area contributed by atoms with Crippen molar-refractivity contribution in [2.24, 2.45) is 0 Å². The minimum atomic E-state index is -1.04. The highest BCUT2D eigenvalue weighted by atomic mass is 16.4. The third kappa shape index (κ3) is 3.90. The van der Waals surface area contributed by atoms with Crippen molar-refractivity contribution in [2.75, 3.05) is 7.05 Å². The van der Waals surface area contributed by atoms with Gasteiger partial charge in [0.05, 0.1) is 0 Å². The van der Waals surface area contributed by atoms with Gasteiger partial charge in [-0.25, -0.2) is 4.79 Å². The Balaban J connectivity index is 2.20. The van der Waals surface area contributed by atoms with Crippen LogP contribution in [0.3, 0.4) is 0 Å². The number of hydrogen-bond acceptors (Lipinski definition) is 3. The number of pyridine rings is 1. The Kier molecular flexibility index (Phi) is 5.09. The molecule has 0 radical (unpaired) electrons. The highest BCUT2D eigenvalue weighted by molar-refractivity contribution is 5.97. The molecule has 1 saturated carbocycles. The smallest absolute Gasteiger partial charge is 0.328 e. The van der Waals surface area contributed by atoms with Crippen molar-refractivity contribution in [3.63, 3.8) is 0 Å². The van der Waals surface area contributed by atoms with Crippen LogP contribution in [-0.4, -0.2) is 40.0 Å². The minimum Gasteiger partial charge on any atom is -0.478 e. The molecular formula is C16H20N2O3. The molecule has 0 spiro atoms. The minimum absolute atomic E-state index is 0.146. The van der Waals surface area contributed by atoms with E-state index in [9.17, 15) is 9.59 Å². The number of nitrogens with zero attached hydrogens (tertiary/aromatic N) is 2. The van der Waals surface area contributed by atoms with E-state index in [0.717, 1.165) is 31.8 Å². The second-order valence-corrected chi connectivity index (χ2v) is 5.32. The fraction of sp³-hybridized carbons (Fsp3) is 0.438. The first-order valence-corrected chi connectivity index (χ1v) is 7.23. The number of aromatic nitrogens is 1. The molecule has 2 rings (SSSR count). The van der Waals surface area contributed by atoms with Gasteiger partial charge in [-0.05, 0) is 25.0 Å². The first-order chi connectivity index (χ1) is 10.1. The van der Waals surface area contributed by atoms with E-state index in [1.54, 1.807) is 30.3 Å². The Morgan fingerprint density at radius 2 is 2.05 bits per heavy atom. The first kappa shape index (κ1) is 15.2. The third-order valence-electron chi connectivity index (χ3n) is 3.89. The number of carbonyl (C=O) groups is 2. The van der Waals surface area contributed by atoms with Crippen molar-refractivity contribution in [1.29, 1.82) is 0 Å². The van der Waals surface area contributed by atoms with Gasteiger partial charge in [-0.2, -0.15) is 0 Å². The fourth-order valence-electron chi connectivity index (χ4n) is 2.69. The zero-order chi connectivity index (χ0) is 15.2. The Morgan fingerprint density at radius 1 is 1.33 bits per heavy atom. The van der Waals surface area contributed by atoms with Gasteiger partial charge < -0.3 is 10.0 Å². The topological polar surface area (TPSA) is 70.5 Å². The molecule has 1 amide bonds. The number of carboxylic acids is 1. The van der Waals surface area contributed by atoms with Gasteiger partial charge in [0.1, 0.15) is 5.69 Å². The van der Waals surface area contributed by atoms with Gasteiger partial charge in [-0.15, -0.1) is 0 Å². The lowest BCUT2D eigenvalue weighted by Crippen LogP contribution is -2.38. The molecule has 0 bridgehead atoms. The lowest BCUT2D eigenvalue weighted by Gasteiger charge is -2.31. The average Bonchev–Trinajstić information content (AvgIpc) is 2.52. The highest BCUT2D eigenvalue weighted by Gasteiger charge is 2.24. The number of amides is 1. The molecule has 1 N–H and O–H groups in total. The van der Waals surface area contributed by atoms with Gasteiger partial charge >= 0.3 is 5.97 Å². The lowest BCUT2D eigenvalue weighted by atomic mass is 9.94. The van der Waals surface area contributed by atoms with Crippen LogP contribution in [0.2, 0.25) is 0 Å². The SMILES string of the molecule is CN(C(=O)c1ncccc1/C=C/C(=O)O)C1CCCCC1. The largest absolute Gasteiger partial charge is 0.478 e. The van der Waals surface area contributed by atoms with E-state index in [0.29, 0.717) is 11.3 Å². The molecule has 0 aliphatic heterocycles. The second-order valence-electron chi connectivity index (χ2n) is 5.32. The van der Waals surface area contributed by atoms with Crippen molar-refractivity contribution >= 4 is 18.0 Å². The lowest BCUT2D eigenvalue weighted by molar-refractivity contribution is -0.131. The Bertz CT molecular complexity index is 548. The molecule has 1 aliphatic rings. The maximum Gasteiger partial charge on any atom is 0.328 e. The van der Waals surface area contributed by atoms with Gasteiger partial charge in [-0.3, -0.25) is 9.78 Å². The predicted octanol–water partition coefficient (Wildman–Crippen LogP) is 2.58. The van der Waals surface area contributed by atoms with Crippen LogP contribution in [0.25, 0.3) is 6.08 Å². The summed E-state index contributed by atoms with van der Waals surface area (Å²) >= 11 is 0. The van der Waals surface area contributed by atoms with Crippen molar-refractivity contribution in [2.45, 2.75) is 38.1 Å². The number of carboxylic acid groups (broad SMARTS) is 1.